The molecule has 1 amide bonds. The molecule has 1 fully saturated rings. The zero-order valence-electron chi connectivity index (χ0n) is 14.2. The van der Waals surface area contributed by atoms with Crippen molar-refractivity contribution < 1.29 is 17.9 Å². The Morgan fingerprint density at radius 3 is 2.46 bits per heavy atom. The summed E-state index contributed by atoms with van der Waals surface area (Å²) in [4.78, 5) is 13.8. The smallest absolute Gasteiger partial charge is 0.410 e. The Balaban J connectivity index is 2.15. The zero-order chi connectivity index (χ0) is 18.0. The molecule has 0 radical (unpaired) electrons. The van der Waals surface area contributed by atoms with Gasteiger partial charge in [0.2, 0.25) is 0 Å². The van der Waals surface area contributed by atoms with E-state index in [2.05, 4.69) is 0 Å². The summed E-state index contributed by atoms with van der Waals surface area (Å²) in [6.45, 7) is 5.95. The maximum atomic E-state index is 12.8. The van der Waals surface area contributed by atoms with E-state index in [0.29, 0.717) is 24.9 Å². The Hall–Kier alpha value is -2.07. The summed E-state index contributed by atoms with van der Waals surface area (Å²) in [7, 11) is -3.56. The van der Waals surface area contributed by atoms with Gasteiger partial charge < -0.3 is 9.64 Å². The number of nitrogens with zero attached hydrogens (tertiary/aromatic N) is 2. The summed E-state index contributed by atoms with van der Waals surface area (Å²) in [6, 6.07) is 7.83. The minimum atomic E-state index is -3.56. The molecule has 130 valence electrons. The largest absolute Gasteiger partial charge is 0.444 e. The van der Waals surface area contributed by atoms with E-state index in [-0.39, 0.29) is 11.4 Å². The van der Waals surface area contributed by atoms with Crippen LogP contribution in [0, 0.1) is 11.3 Å². The molecule has 2 rings (SSSR count). The van der Waals surface area contributed by atoms with Crippen molar-refractivity contribution in [2.45, 2.75) is 49.4 Å². The maximum Gasteiger partial charge on any atom is 0.410 e. The van der Waals surface area contributed by atoms with Crippen molar-refractivity contribution in [2.24, 2.45) is 0 Å². The predicted molar refractivity (Wildman–Crippen MR) is 89.2 cm³/mol. The van der Waals surface area contributed by atoms with Gasteiger partial charge in [-0.1, -0.05) is 0 Å². The standard InChI is InChI=1S/C17H22N2O4S/c1-17(2,3)23-16(20)19-10-4-5-15(12-19)24(21,22)14-8-6-13(11-18)7-9-14/h6-9,15H,4-5,10,12H2,1-3H3. The summed E-state index contributed by atoms with van der Waals surface area (Å²) in [6.07, 6.45) is 0.628. The Kier molecular flexibility index (Phi) is 5.19. The van der Waals surface area contributed by atoms with E-state index >= 15 is 0 Å². The average Bonchev–Trinajstić information content (AvgIpc) is 2.53. The van der Waals surface area contributed by atoms with Gasteiger partial charge in [0.1, 0.15) is 5.60 Å². The molecular weight excluding hydrogens is 328 g/mol. The van der Waals surface area contributed by atoms with Gasteiger partial charge in [-0.05, 0) is 57.9 Å². The number of likely N-dealkylation sites (tertiary alicyclic amines) is 1. The van der Waals surface area contributed by atoms with Crippen molar-refractivity contribution in [1.82, 2.24) is 4.90 Å². The van der Waals surface area contributed by atoms with Crippen LogP contribution in [-0.4, -0.2) is 43.4 Å². The summed E-state index contributed by atoms with van der Waals surface area (Å²) >= 11 is 0. The molecule has 0 aromatic heterocycles. The lowest BCUT2D eigenvalue weighted by molar-refractivity contribution is 0.0219. The second-order valence-electron chi connectivity index (χ2n) is 6.87. The molecule has 1 aliphatic heterocycles. The number of carbonyl (C=O) groups is 1. The van der Waals surface area contributed by atoms with E-state index in [0.717, 1.165) is 0 Å². The first-order chi connectivity index (χ1) is 11.1. The Bertz CT molecular complexity index is 742. The molecule has 0 N–H and O–H groups in total. The van der Waals surface area contributed by atoms with Crippen LogP contribution in [0.3, 0.4) is 0 Å². The van der Waals surface area contributed by atoms with Gasteiger partial charge in [-0.15, -0.1) is 0 Å². The number of sulfone groups is 1. The highest BCUT2D eigenvalue weighted by atomic mass is 32.2. The topological polar surface area (TPSA) is 87.5 Å². The number of ether oxygens (including phenoxy) is 1. The number of piperidine rings is 1. The third-order valence-electron chi connectivity index (χ3n) is 3.78. The number of hydrogen-bond acceptors (Lipinski definition) is 5. The molecule has 1 aliphatic rings. The monoisotopic (exact) mass is 350 g/mol. The van der Waals surface area contributed by atoms with Crippen LogP contribution in [0.1, 0.15) is 39.2 Å². The Labute approximate surface area is 142 Å². The fraction of sp³-hybridized carbons (Fsp3) is 0.529. The first-order valence-corrected chi connectivity index (χ1v) is 9.40. The van der Waals surface area contributed by atoms with Gasteiger partial charge in [-0.2, -0.15) is 5.26 Å². The number of nitriles is 1. The van der Waals surface area contributed by atoms with Crippen LogP contribution in [0.15, 0.2) is 29.2 Å². The van der Waals surface area contributed by atoms with Gasteiger partial charge in [-0.3, -0.25) is 0 Å². The highest BCUT2D eigenvalue weighted by Gasteiger charge is 2.35. The highest BCUT2D eigenvalue weighted by molar-refractivity contribution is 7.92. The SMILES string of the molecule is CC(C)(C)OC(=O)N1CCCC(S(=O)(=O)c2ccc(C#N)cc2)C1. The molecule has 1 heterocycles. The molecule has 0 aliphatic carbocycles. The molecule has 0 bridgehead atoms. The van der Waals surface area contributed by atoms with Crippen LogP contribution in [0.5, 0.6) is 0 Å². The summed E-state index contributed by atoms with van der Waals surface area (Å²) < 4.78 is 30.9. The first-order valence-electron chi connectivity index (χ1n) is 7.85. The van der Waals surface area contributed by atoms with E-state index in [1.165, 1.54) is 29.2 Å². The number of carbonyl (C=O) groups excluding carboxylic acids is 1. The van der Waals surface area contributed by atoms with Gasteiger partial charge in [0.05, 0.1) is 21.8 Å². The molecule has 6 nitrogen and oxygen atoms in total. The zero-order valence-corrected chi connectivity index (χ0v) is 15.0. The maximum absolute atomic E-state index is 12.8. The molecule has 0 spiro atoms. The van der Waals surface area contributed by atoms with Crippen LogP contribution >= 0.6 is 0 Å². The van der Waals surface area contributed by atoms with Crippen LogP contribution in [0.25, 0.3) is 0 Å². The van der Waals surface area contributed by atoms with E-state index in [9.17, 15) is 13.2 Å². The quantitative estimate of drug-likeness (QED) is 0.818. The van der Waals surface area contributed by atoms with E-state index in [1.807, 2.05) is 6.07 Å². The minimum absolute atomic E-state index is 0.122. The van der Waals surface area contributed by atoms with E-state index in [1.54, 1.807) is 20.8 Å². The van der Waals surface area contributed by atoms with Gasteiger partial charge in [0, 0.05) is 13.1 Å². The highest BCUT2D eigenvalue weighted by Crippen LogP contribution is 2.25. The van der Waals surface area contributed by atoms with E-state index in [4.69, 9.17) is 10.00 Å². The molecule has 1 unspecified atom stereocenters. The average molecular weight is 350 g/mol. The second kappa shape index (κ2) is 6.81. The van der Waals surface area contributed by atoms with Crippen molar-refractivity contribution in [3.63, 3.8) is 0 Å². The number of rotatable bonds is 2. The molecule has 24 heavy (non-hydrogen) atoms. The first kappa shape index (κ1) is 18.3. The second-order valence-corrected chi connectivity index (χ2v) is 9.10. The normalized spacial score (nSPS) is 18.8. The lowest BCUT2D eigenvalue weighted by atomic mass is 10.1. The molecule has 1 aromatic carbocycles. The third kappa shape index (κ3) is 4.26. The molecule has 1 aromatic rings. The Morgan fingerprint density at radius 1 is 1.29 bits per heavy atom. The lowest BCUT2D eigenvalue weighted by Crippen LogP contribution is -2.47. The minimum Gasteiger partial charge on any atom is -0.444 e. The van der Waals surface area contributed by atoms with Crippen LogP contribution < -0.4 is 0 Å². The number of amides is 1. The fourth-order valence-electron chi connectivity index (χ4n) is 2.60. The summed E-state index contributed by atoms with van der Waals surface area (Å²) in [5, 5.41) is 8.15. The van der Waals surface area contributed by atoms with Crippen molar-refractivity contribution in [1.29, 1.82) is 5.26 Å². The van der Waals surface area contributed by atoms with Crippen molar-refractivity contribution >= 4 is 15.9 Å². The predicted octanol–water partition coefficient (Wildman–Crippen LogP) is 2.73. The number of hydrogen-bond donors (Lipinski definition) is 0. The molecule has 7 heteroatoms. The van der Waals surface area contributed by atoms with Crippen molar-refractivity contribution in [2.75, 3.05) is 13.1 Å². The molecule has 0 saturated carbocycles. The summed E-state index contributed by atoms with van der Waals surface area (Å²) in [5.74, 6) is 0. The van der Waals surface area contributed by atoms with Gasteiger partial charge in [0.15, 0.2) is 9.84 Å². The van der Waals surface area contributed by atoms with Crippen molar-refractivity contribution in [3.8, 4) is 6.07 Å². The fourth-order valence-corrected chi connectivity index (χ4v) is 4.35. The summed E-state index contributed by atoms with van der Waals surface area (Å²) in [5.41, 5.74) is -0.205. The Morgan fingerprint density at radius 2 is 1.92 bits per heavy atom. The van der Waals surface area contributed by atoms with Gasteiger partial charge in [0.25, 0.3) is 0 Å². The van der Waals surface area contributed by atoms with Gasteiger partial charge >= 0.3 is 6.09 Å². The van der Waals surface area contributed by atoms with Gasteiger partial charge in [-0.25, -0.2) is 13.2 Å². The molecule has 1 atom stereocenters. The number of benzene rings is 1. The van der Waals surface area contributed by atoms with Crippen LogP contribution in [0.4, 0.5) is 4.79 Å². The lowest BCUT2D eigenvalue weighted by Gasteiger charge is -2.33. The van der Waals surface area contributed by atoms with E-state index < -0.39 is 26.8 Å². The molecule has 1 saturated heterocycles. The third-order valence-corrected chi connectivity index (χ3v) is 5.97. The van der Waals surface area contributed by atoms with Crippen LogP contribution in [-0.2, 0) is 14.6 Å². The van der Waals surface area contributed by atoms with Crippen molar-refractivity contribution in [3.05, 3.63) is 29.8 Å². The molecular formula is C17H22N2O4S. The van der Waals surface area contributed by atoms with Crippen LogP contribution in [0.2, 0.25) is 0 Å².